The van der Waals surface area contributed by atoms with Gasteiger partial charge in [-0.05, 0) is 103 Å². The summed E-state index contributed by atoms with van der Waals surface area (Å²) in [4.78, 5) is 38.3. The van der Waals surface area contributed by atoms with Crippen LogP contribution in [-0.4, -0.2) is 37.2 Å². The van der Waals surface area contributed by atoms with E-state index in [1.165, 1.54) is 212 Å². The maximum atomic E-state index is 12.9. The van der Waals surface area contributed by atoms with Crippen molar-refractivity contribution >= 4 is 17.9 Å². The minimum atomic E-state index is -0.778. The van der Waals surface area contributed by atoms with Gasteiger partial charge in [0.2, 0.25) is 0 Å². The van der Waals surface area contributed by atoms with Crippen molar-refractivity contribution in [1.29, 1.82) is 0 Å². The highest BCUT2D eigenvalue weighted by Gasteiger charge is 2.19. The van der Waals surface area contributed by atoms with Crippen molar-refractivity contribution in [2.24, 2.45) is 0 Å². The molecule has 0 amide bonds. The van der Waals surface area contributed by atoms with Crippen molar-refractivity contribution in [3.63, 3.8) is 0 Å². The van der Waals surface area contributed by atoms with Crippen LogP contribution in [0.25, 0.3) is 0 Å². The van der Waals surface area contributed by atoms with Crippen LogP contribution in [0, 0.1) is 0 Å². The van der Waals surface area contributed by atoms with Crippen LogP contribution in [-0.2, 0) is 28.6 Å². The Morgan fingerprint density at radius 1 is 0.253 bits per heavy atom. The average Bonchev–Trinajstić information content (AvgIpc) is 3.49. The molecule has 0 aliphatic heterocycles. The van der Waals surface area contributed by atoms with E-state index in [0.29, 0.717) is 19.3 Å². The minimum Gasteiger partial charge on any atom is -0.462 e. The number of hydrogen-bond acceptors (Lipinski definition) is 6. The Bertz CT molecular complexity index is 1610. The van der Waals surface area contributed by atoms with Crippen LogP contribution in [0.2, 0.25) is 0 Å². The van der Waals surface area contributed by atoms with Gasteiger partial charge < -0.3 is 14.2 Å². The Morgan fingerprint density at radius 2 is 0.470 bits per heavy atom. The van der Waals surface area contributed by atoms with Gasteiger partial charge in [-0.15, -0.1) is 0 Å². The highest BCUT2D eigenvalue weighted by Crippen LogP contribution is 2.17. The second kappa shape index (κ2) is 70.8. The lowest BCUT2D eigenvalue weighted by molar-refractivity contribution is -0.167. The number of esters is 3. The molecule has 0 heterocycles. The maximum absolute atomic E-state index is 12.9. The number of allylic oxidation sites excluding steroid dienone is 16. The van der Waals surface area contributed by atoms with E-state index in [1.807, 2.05) is 0 Å². The zero-order chi connectivity index (χ0) is 59.9. The molecule has 83 heavy (non-hydrogen) atoms. The predicted octanol–water partition coefficient (Wildman–Crippen LogP) is 24.8. The van der Waals surface area contributed by atoms with Gasteiger partial charge in [-0.3, -0.25) is 14.4 Å². The fourth-order valence-electron chi connectivity index (χ4n) is 10.2. The van der Waals surface area contributed by atoms with Crippen LogP contribution in [0.4, 0.5) is 0 Å². The molecule has 0 N–H and O–H groups in total. The van der Waals surface area contributed by atoms with E-state index >= 15 is 0 Å². The minimum absolute atomic E-state index is 0.0747. The smallest absolute Gasteiger partial charge is 0.306 e. The summed E-state index contributed by atoms with van der Waals surface area (Å²) < 4.78 is 16.9. The summed E-state index contributed by atoms with van der Waals surface area (Å²) in [7, 11) is 0. The molecule has 6 heteroatoms. The topological polar surface area (TPSA) is 78.9 Å². The monoisotopic (exact) mass is 1160 g/mol. The van der Waals surface area contributed by atoms with Crippen LogP contribution < -0.4 is 0 Å². The molecule has 0 aromatic rings. The Kier molecular flexibility index (Phi) is 67.7. The number of unbranched alkanes of at least 4 members (excludes halogenated alkanes) is 38. The van der Waals surface area contributed by atoms with Crippen LogP contribution in [0.3, 0.4) is 0 Å². The zero-order valence-corrected chi connectivity index (χ0v) is 54.9. The van der Waals surface area contributed by atoms with Crippen molar-refractivity contribution in [3.8, 4) is 0 Å². The van der Waals surface area contributed by atoms with E-state index in [-0.39, 0.29) is 31.1 Å². The van der Waals surface area contributed by atoms with Crippen molar-refractivity contribution in [3.05, 3.63) is 97.2 Å². The summed E-state index contributed by atoms with van der Waals surface area (Å²) >= 11 is 0. The highest BCUT2D eigenvalue weighted by atomic mass is 16.6. The molecule has 0 bridgehead atoms. The summed E-state index contributed by atoms with van der Waals surface area (Å²) in [6, 6.07) is 0. The van der Waals surface area contributed by atoms with Crippen LogP contribution in [0.1, 0.15) is 355 Å². The van der Waals surface area contributed by atoms with Crippen molar-refractivity contribution in [2.75, 3.05) is 13.2 Å². The highest BCUT2D eigenvalue weighted by molar-refractivity contribution is 5.71. The summed E-state index contributed by atoms with van der Waals surface area (Å²) in [5.74, 6) is -0.866. The molecule has 0 aromatic heterocycles. The van der Waals surface area contributed by atoms with Gasteiger partial charge >= 0.3 is 17.9 Å². The fraction of sp³-hybridized carbons (Fsp3) is 0.753. The van der Waals surface area contributed by atoms with Crippen LogP contribution in [0.15, 0.2) is 97.2 Å². The first-order chi connectivity index (χ1) is 41.0. The Hall–Kier alpha value is -3.67. The van der Waals surface area contributed by atoms with Gasteiger partial charge in [0.15, 0.2) is 6.10 Å². The normalized spacial score (nSPS) is 12.7. The van der Waals surface area contributed by atoms with E-state index in [1.54, 1.807) is 0 Å². The lowest BCUT2D eigenvalue weighted by atomic mass is 10.0. The molecule has 0 aromatic carbocycles. The second-order valence-electron chi connectivity index (χ2n) is 23.8. The molecule has 478 valence electrons. The Balaban J connectivity index is 4.16. The maximum Gasteiger partial charge on any atom is 0.306 e. The molecule has 6 nitrogen and oxygen atoms in total. The predicted molar refractivity (Wildman–Crippen MR) is 362 cm³/mol. The number of carbonyl (C=O) groups excluding carboxylic acids is 3. The van der Waals surface area contributed by atoms with Gasteiger partial charge in [0.05, 0.1) is 0 Å². The van der Waals surface area contributed by atoms with E-state index in [9.17, 15) is 14.4 Å². The lowest BCUT2D eigenvalue weighted by Crippen LogP contribution is -2.30. The number of carbonyl (C=O) groups is 3. The summed E-state index contributed by atoms with van der Waals surface area (Å²) in [6.45, 7) is 6.53. The Labute approximate surface area is 515 Å². The number of rotatable bonds is 65. The quantitative estimate of drug-likeness (QED) is 0.0261. The molecule has 0 saturated heterocycles. The first-order valence-corrected chi connectivity index (χ1v) is 35.7. The first-order valence-electron chi connectivity index (χ1n) is 35.7. The molecule has 0 rings (SSSR count). The molecule has 0 spiro atoms. The number of hydrogen-bond donors (Lipinski definition) is 0. The third kappa shape index (κ3) is 69.0. The van der Waals surface area contributed by atoms with Gasteiger partial charge in [0.25, 0.3) is 0 Å². The molecule has 0 fully saturated rings. The van der Waals surface area contributed by atoms with Crippen molar-refractivity contribution in [2.45, 2.75) is 361 Å². The third-order valence-corrected chi connectivity index (χ3v) is 15.6. The first kappa shape index (κ1) is 79.3. The molecule has 0 aliphatic carbocycles. The SMILES string of the molecule is CC/C=C\C/C=C\C/C=C\C/C=C\C/C=C\C/C=C\CCCCCCCCCCCCC(=O)OCC(COC(=O)CCCCCCCCCCC)OC(=O)CCCCCCCCCCCCCCCCC/C=C\C/C=C\CCCCCCC. The third-order valence-electron chi connectivity index (χ3n) is 15.6. The summed E-state index contributed by atoms with van der Waals surface area (Å²) in [6.07, 6.45) is 95.9. The van der Waals surface area contributed by atoms with E-state index in [4.69, 9.17) is 14.2 Å². The molecule has 0 aliphatic rings. The second-order valence-corrected chi connectivity index (χ2v) is 23.8. The van der Waals surface area contributed by atoms with Gasteiger partial charge in [0.1, 0.15) is 13.2 Å². The van der Waals surface area contributed by atoms with Gasteiger partial charge in [0, 0.05) is 19.3 Å². The molecule has 1 unspecified atom stereocenters. The van der Waals surface area contributed by atoms with Crippen LogP contribution in [0.5, 0.6) is 0 Å². The largest absolute Gasteiger partial charge is 0.462 e. The molecule has 0 saturated carbocycles. The lowest BCUT2D eigenvalue weighted by Gasteiger charge is -2.18. The van der Waals surface area contributed by atoms with Crippen LogP contribution >= 0.6 is 0 Å². The van der Waals surface area contributed by atoms with Crippen molar-refractivity contribution < 1.29 is 28.6 Å². The van der Waals surface area contributed by atoms with E-state index in [0.717, 1.165) is 103 Å². The van der Waals surface area contributed by atoms with E-state index in [2.05, 4.69) is 118 Å². The fourth-order valence-corrected chi connectivity index (χ4v) is 10.2. The van der Waals surface area contributed by atoms with Crippen molar-refractivity contribution in [1.82, 2.24) is 0 Å². The Morgan fingerprint density at radius 3 is 0.735 bits per heavy atom. The van der Waals surface area contributed by atoms with Gasteiger partial charge in [-0.25, -0.2) is 0 Å². The summed E-state index contributed by atoms with van der Waals surface area (Å²) in [5, 5.41) is 0. The molecular weight excluding hydrogens is 1020 g/mol. The number of ether oxygens (including phenoxy) is 3. The average molecular weight is 1160 g/mol. The molecule has 1 atom stereocenters. The summed E-state index contributed by atoms with van der Waals surface area (Å²) in [5.41, 5.74) is 0. The zero-order valence-electron chi connectivity index (χ0n) is 54.9. The van der Waals surface area contributed by atoms with Gasteiger partial charge in [-0.1, -0.05) is 330 Å². The standard InChI is InChI=1S/C77H134O6/c1-4-7-10-13-16-19-21-23-25-27-29-31-33-35-37-38-40-41-43-45-47-49-51-53-55-58-61-64-67-70-76(79)82-73-74(72-81-75(78)69-66-63-60-57-18-15-12-9-6-3)83-77(80)71-68-65-62-59-56-54-52-50-48-46-44-42-39-36-34-32-30-28-26-24-22-20-17-14-11-8-5-2/h7,10,16,19,22-25,28-31,35,37,40-41,74H,4-6,8-9,11-15,17-18,20-21,26-27,32-34,36,38-39,42-73H2,1-3H3/b10-7-,19-16-,24-22-,25-23-,30-28-,31-29-,37-35-,41-40-. The molecule has 0 radical (unpaired) electrons. The van der Waals surface area contributed by atoms with Gasteiger partial charge in [-0.2, -0.15) is 0 Å². The molecular formula is C77H134O6. The van der Waals surface area contributed by atoms with E-state index < -0.39 is 6.10 Å².